The Balaban J connectivity index is 2.23. The molecular weight excluding hydrogens is 392 g/mol. The summed E-state index contributed by atoms with van der Waals surface area (Å²) in [5.41, 5.74) is 5.45. The summed E-state index contributed by atoms with van der Waals surface area (Å²) in [6.07, 6.45) is -2.59. The zero-order valence-electron chi connectivity index (χ0n) is 15.7. The molecular formula is C19H20F4N4O2. The molecule has 1 unspecified atom stereocenters. The molecule has 0 spiro atoms. The topological polar surface area (TPSA) is 89.3 Å². The first-order chi connectivity index (χ1) is 13.6. The number of nitrogens with two attached hydrogens (primary N) is 1. The molecule has 0 bridgehead atoms. The highest BCUT2D eigenvalue weighted by atomic mass is 19.4. The van der Waals surface area contributed by atoms with Crippen LogP contribution >= 0.6 is 0 Å². The molecule has 1 aromatic heterocycles. The number of rotatable bonds is 8. The van der Waals surface area contributed by atoms with E-state index in [-0.39, 0.29) is 17.6 Å². The first kappa shape index (κ1) is 22.3. The summed E-state index contributed by atoms with van der Waals surface area (Å²) in [6, 6.07) is 5.50. The standard InChI is InChI=1S/C19H20F4N4O2/c1-25-18(29-2)16(17(24)28)10-27-14-3-4-26-15(9-14)7-11-5-12(19(21,22)23)8-13(20)6-11/h3-6,8-10,18,25H,7H2,1-2H3,(H2,24,28)(H,26,27)/b16-10-. The van der Waals surface area contributed by atoms with Crippen molar-refractivity contribution in [3.63, 3.8) is 0 Å². The van der Waals surface area contributed by atoms with Crippen molar-refractivity contribution >= 4 is 11.6 Å². The molecule has 29 heavy (non-hydrogen) atoms. The summed E-state index contributed by atoms with van der Waals surface area (Å²) in [4.78, 5) is 15.7. The maximum absolute atomic E-state index is 13.6. The van der Waals surface area contributed by atoms with Gasteiger partial charge in [0.05, 0.1) is 11.1 Å². The minimum absolute atomic E-state index is 0.0139. The van der Waals surface area contributed by atoms with Crippen molar-refractivity contribution in [2.45, 2.75) is 18.8 Å². The van der Waals surface area contributed by atoms with E-state index in [0.717, 1.165) is 12.1 Å². The predicted molar refractivity (Wildman–Crippen MR) is 99.2 cm³/mol. The molecule has 2 aromatic rings. The Labute approximate surface area is 164 Å². The van der Waals surface area contributed by atoms with Gasteiger partial charge in [0, 0.05) is 37.3 Å². The average Bonchev–Trinajstić information content (AvgIpc) is 2.64. The molecule has 1 aromatic carbocycles. The van der Waals surface area contributed by atoms with Crippen LogP contribution in [0.4, 0.5) is 23.2 Å². The number of primary amides is 1. The molecule has 156 valence electrons. The minimum Gasteiger partial charge on any atom is -0.366 e. The quantitative estimate of drug-likeness (QED) is 0.353. The molecule has 0 aliphatic rings. The predicted octanol–water partition coefficient (Wildman–Crippen LogP) is 2.80. The van der Waals surface area contributed by atoms with E-state index in [1.165, 1.54) is 19.5 Å². The summed E-state index contributed by atoms with van der Waals surface area (Å²) in [7, 11) is 2.99. The van der Waals surface area contributed by atoms with E-state index >= 15 is 0 Å². The van der Waals surface area contributed by atoms with Crippen LogP contribution in [-0.4, -0.2) is 31.3 Å². The summed E-state index contributed by atoms with van der Waals surface area (Å²) >= 11 is 0. The molecule has 0 saturated carbocycles. The van der Waals surface area contributed by atoms with Gasteiger partial charge in [-0.1, -0.05) is 0 Å². The molecule has 4 N–H and O–H groups in total. The van der Waals surface area contributed by atoms with Crippen molar-refractivity contribution in [2.75, 3.05) is 19.5 Å². The number of carbonyl (C=O) groups is 1. The highest BCUT2D eigenvalue weighted by Gasteiger charge is 2.31. The zero-order valence-corrected chi connectivity index (χ0v) is 15.7. The van der Waals surface area contributed by atoms with Gasteiger partial charge in [-0.05, 0) is 42.9 Å². The van der Waals surface area contributed by atoms with Crippen LogP contribution in [0.3, 0.4) is 0 Å². The molecule has 1 amide bonds. The third-order valence-corrected chi connectivity index (χ3v) is 3.95. The molecule has 1 heterocycles. The van der Waals surface area contributed by atoms with E-state index in [1.807, 2.05) is 0 Å². The number of amides is 1. The van der Waals surface area contributed by atoms with Crippen LogP contribution in [0.5, 0.6) is 0 Å². The Morgan fingerprint density at radius 3 is 2.62 bits per heavy atom. The van der Waals surface area contributed by atoms with Crippen LogP contribution < -0.4 is 16.4 Å². The SMILES string of the molecule is CNC(OC)/C(=C\Nc1ccnc(Cc2cc(F)cc(C(F)(F)F)c2)c1)C(N)=O. The number of alkyl halides is 3. The van der Waals surface area contributed by atoms with Gasteiger partial charge in [-0.3, -0.25) is 15.1 Å². The fraction of sp³-hybridized carbons (Fsp3) is 0.263. The Hall–Kier alpha value is -2.98. The Bertz CT molecular complexity index is 896. The number of halogens is 4. The van der Waals surface area contributed by atoms with Gasteiger partial charge in [-0.15, -0.1) is 0 Å². The van der Waals surface area contributed by atoms with E-state index < -0.39 is 29.7 Å². The zero-order chi connectivity index (χ0) is 21.6. The summed E-state index contributed by atoms with van der Waals surface area (Å²) < 4.78 is 57.3. The number of nitrogens with one attached hydrogen (secondary N) is 2. The lowest BCUT2D eigenvalue weighted by Gasteiger charge is -2.16. The molecule has 0 saturated heterocycles. The number of aromatic nitrogens is 1. The van der Waals surface area contributed by atoms with Crippen LogP contribution in [0.25, 0.3) is 0 Å². The normalized spacial score (nSPS) is 13.2. The number of hydrogen-bond donors (Lipinski definition) is 3. The van der Waals surface area contributed by atoms with E-state index in [0.29, 0.717) is 17.4 Å². The maximum atomic E-state index is 13.6. The maximum Gasteiger partial charge on any atom is 0.416 e. The van der Waals surface area contributed by atoms with Crippen molar-refractivity contribution in [1.29, 1.82) is 0 Å². The number of likely N-dealkylation sites (N-methyl/N-ethyl adjacent to an activating group) is 1. The van der Waals surface area contributed by atoms with Crippen molar-refractivity contribution in [2.24, 2.45) is 5.73 Å². The van der Waals surface area contributed by atoms with Gasteiger partial charge < -0.3 is 15.8 Å². The second-order valence-electron chi connectivity index (χ2n) is 6.07. The smallest absolute Gasteiger partial charge is 0.366 e. The summed E-state index contributed by atoms with van der Waals surface area (Å²) in [5, 5.41) is 5.64. The summed E-state index contributed by atoms with van der Waals surface area (Å²) in [5.74, 6) is -1.68. The van der Waals surface area contributed by atoms with E-state index in [9.17, 15) is 22.4 Å². The van der Waals surface area contributed by atoms with Gasteiger partial charge in [-0.2, -0.15) is 13.2 Å². The van der Waals surface area contributed by atoms with Crippen LogP contribution in [-0.2, 0) is 22.1 Å². The highest BCUT2D eigenvalue weighted by Crippen LogP contribution is 2.31. The van der Waals surface area contributed by atoms with Gasteiger partial charge in [0.2, 0.25) is 5.91 Å². The molecule has 10 heteroatoms. The van der Waals surface area contributed by atoms with Gasteiger partial charge in [-0.25, -0.2) is 4.39 Å². The molecule has 2 rings (SSSR count). The average molecular weight is 412 g/mol. The number of benzene rings is 1. The number of hydrogen-bond acceptors (Lipinski definition) is 5. The monoisotopic (exact) mass is 412 g/mol. The van der Waals surface area contributed by atoms with Gasteiger partial charge in [0.1, 0.15) is 12.0 Å². The molecule has 1 atom stereocenters. The molecule has 0 fully saturated rings. The van der Waals surface area contributed by atoms with Crippen molar-refractivity contribution in [1.82, 2.24) is 10.3 Å². The highest BCUT2D eigenvalue weighted by molar-refractivity contribution is 5.93. The largest absolute Gasteiger partial charge is 0.416 e. The van der Waals surface area contributed by atoms with E-state index in [4.69, 9.17) is 10.5 Å². The lowest BCUT2D eigenvalue weighted by atomic mass is 10.0. The fourth-order valence-corrected chi connectivity index (χ4v) is 2.63. The Kier molecular flexibility index (Phi) is 7.29. The third-order valence-electron chi connectivity index (χ3n) is 3.95. The fourth-order valence-electron chi connectivity index (χ4n) is 2.63. The number of ether oxygens (including phenoxy) is 1. The Morgan fingerprint density at radius 2 is 2.03 bits per heavy atom. The van der Waals surface area contributed by atoms with E-state index in [2.05, 4.69) is 15.6 Å². The van der Waals surface area contributed by atoms with Crippen molar-refractivity contribution in [3.8, 4) is 0 Å². The van der Waals surface area contributed by atoms with Crippen LogP contribution in [0, 0.1) is 5.82 Å². The van der Waals surface area contributed by atoms with Gasteiger partial charge in [0.15, 0.2) is 0 Å². The number of anilines is 1. The molecule has 0 radical (unpaired) electrons. The number of methoxy groups -OCH3 is 1. The molecule has 0 aliphatic carbocycles. The molecule has 6 nitrogen and oxygen atoms in total. The summed E-state index contributed by atoms with van der Waals surface area (Å²) in [6.45, 7) is 0. The van der Waals surface area contributed by atoms with Gasteiger partial charge >= 0.3 is 6.18 Å². The lowest BCUT2D eigenvalue weighted by molar-refractivity contribution is -0.137. The number of pyridine rings is 1. The second kappa shape index (κ2) is 9.48. The minimum atomic E-state index is -4.64. The van der Waals surface area contributed by atoms with Crippen molar-refractivity contribution < 1.29 is 27.1 Å². The van der Waals surface area contributed by atoms with Gasteiger partial charge in [0.25, 0.3) is 0 Å². The number of nitrogens with zero attached hydrogens (tertiary/aromatic N) is 1. The third kappa shape index (κ3) is 6.26. The van der Waals surface area contributed by atoms with Crippen LogP contribution in [0.15, 0.2) is 48.3 Å². The van der Waals surface area contributed by atoms with Crippen LogP contribution in [0.2, 0.25) is 0 Å². The van der Waals surface area contributed by atoms with E-state index in [1.54, 1.807) is 19.2 Å². The molecule has 0 aliphatic heterocycles. The number of carbonyl (C=O) groups excluding carboxylic acids is 1. The first-order valence-corrected chi connectivity index (χ1v) is 8.42. The Morgan fingerprint density at radius 1 is 1.31 bits per heavy atom. The van der Waals surface area contributed by atoms with Crippen molar-refractivity contribution in [3.05, 3.63) is 70.9 Å². The first-order valence-electron chi connectivity index (χ1n) is 8.42. The lowest BCUT2D eigenvalue weighted by Crippen LogP contribution is -2.35. The second-order valence-corrected chi connectivity index (χ2v) is 6.07. The van der Waals surface area contributed by atoms with Crippen LogP contribution in [0.1, 0.15) is 16.8 Å².